The third-order valence-electron chi connectivity index (χ3n) is 2.71. The van der Waals surface area contributed by atoms with Crippen LogP contribution < -0.4 is 5.32 Å². The number of anilines is 1. The van der Waals surface area contributed by atoms with E-state index in [4.69, 9.17) is 23.2 Å². The monoisotopic (exact) mass is 311 g/mol. The first-order chi connectivity index (χ1) is 9.58. The van der Waals surface area contributed by atoms with Crippen molar-refractivity contribution in [1.82, 2.24) is 9.78 Å². The van der Waals surface area contributed by atoms with Gasteiger partial charge in [-0.05, 0) is 24.1 Å². The van der Waals surface area contributed by atoms with Gasteiger partial charge >= 0.3 is 0 Å². The van der Waals surface area contributed by atoms with Crippen molar-refractivity contribution >= 4 is 34.9 Å². The molecular weight excluding hydrogens is 297 g/mol. The second-order valence-corrected chi connectivity index (χ2v) is 5.26. The molecule has 0 atom stereocenters. The molecule has 1 amide bonds. The van der Waals surface area contributed by atoms with E-state index in [2.05, 4.69) is 10.4 Å². The van der Waals surface area contributed by atoms with E-state index in [1.807, 2.05) is 19.2 Å². The highest BCUT2D eigenvalue weighted by atomic mass is 35.5. The topological polar surface area (TPSA) is 46.9 Å². The Kier molecular flexibility index (Phi) is 5.04. The second-order valence-electron chi connectivity index (χ2n) is 4.45. The number of hydrogen-bond acceptors (Lipinski definition) is 2. The summed E-state index contributed by atoms with van der Waals surface area (Å²) in [6.07, 6.45) is 3.12. The van der Waals surface area contributed by atoms with E-state index in [-0.39, 0.29) is 5.91 Å². The van der Waals surface area contributed by atoms with E-state index >= 15 is 0 Å². The zero-order valence-electron chi connectivity index (χ0n) is 11.1. The fourth-order valence-corrected chi connectivity index (χ4v) is 2.09. The molecule has 1 N–H and O–H groups in total. The van der Waals surface area contributed by atoms with Crippen molar-refractivity contribution < 1.29 is 4.79 Å². The Balaban J connectivity index is 2.02. The van der Waals surface area contributed by atoms with E-state index in [9.17, 15) is 4.79 Å². The maximum Gasteiger partial charge on any atom is 0.225 e. The smallest absolute Gasteiger partial charge is 0.225 e. The van der Waals surface area contributed by atoms with Gasteiger partial charge in [0.25, 0.3) is 0 Å². The van der Waals surface area contributed by atoms with Gasteiger partial charge in [-0.1, -0.05) is 36.2 Å². The predicted molar refractivity (Wildman–Crippen MR) is 81.3 cm³/mol. The lowest BCUT2D eigenvalue weighted by atomic mass is 10.2. The van der Waals surface area contributed by atoms with Crippen molar-refractivity contribution in [1.29, 1.82) is 0 Å². The number of nitrogens with one attached hydrogen (secondary N) is 1. The molecule has 1 aromatic carbocycles. The van der Waals surface area contributed by atoms with Crippen LogP contribution in [0.4, 0.5) is 5.82 Å². The third kappa shape index (κ3) is 3.99. The van der Waals surface area contributed by atoms with E-state index in [0.717, 1.165) is 12.0 Å². The van der Waals surface area contributed by atoms with Crippen molar-refractivity contribution in [3.8, 4) is 0 Å². The molecule has 1 aromatic heterocycles. The fraction of sp³-hybridized carbons (Fsp3) is 0.286. The van der Waals surface area contributed by atoms with E-state index in [0.29, 0.717) is 28.8 Å². The predicted octanol–water partition coefficient (Wildman–Crippen LogP) is 3.98. The molecule has 6 heteroatoms. The maximum atomic E-state index is 11.5. The highest BCUT2D eigenvalue weighted by molar-refractivity contribution is 6.42. The number of carbonyl (C=O) groups excluding carboxylic acids is 1. The lowest BCUT2D eigenvalue weighted by Crippen LogP contribution is -2.11. The molecule has 0 fully saturated rings. The third-order valence-corrected chi connectivity index (χ3v) is 3.45. The van der Waals surface area contributed by atoms with Gasteiger partial charge in [-0.2, -0.15) is 5.10 Å². The van der Waals surface area contributed by atoms with Gasteiger partial charge in [-0.25, -0.2) is 0 Å². The SMILES string of the molecule is CCCC(=O)Nc1ccn(Cc2ccc(Cl)c(Cl)c2)n1. The van der Waals surface area contributed by atoms with Crippen LogP contribution in [0.25, 0.3) is 0 Å². The van der Waals surface area contributed by atoms with Gasteiger partial charge in [0.05, 0.1) is 16.6 Å². The van der Waals surface area contributed by atoms with Crippen LogP contribution in [0, 0.1) is 0 Å². The van der Waals surface area contributed by atoms with Crippen LogP contribution in [0.3, 0.4) is 0 Å². The molecule has 4 nitrogen and oxygen atoms in total. The van der Waals surface area contributed by atoms with Gasteiger partial charge in [0.2, 0.25) is 5.91 Å². The number of hydrogen-bond donors (Lipinski definition) is 1. The molecule has 0 aliphatic carbocycles. The van der Waals surface area contributed by atoms with Crippen LogP contribution in [-0.4, -0.2) is 15.7 Å². The van der Waals surface area contributed by atoms with Crippen LogP contribution in [0.2, 0.25) is 10.0 Å². The molecular formula is C14H15Cl2N3O. The Hall–Kier alpha value is -1.52. The minimum atomic E-state index is -0.0210. The van der Waals surface area contributed by atoms with Crippen LogP contribution in [-0.2, 0) is 11.3 Å². The highest BCUT2D eigenvalue weighted by Crippen LogP contribution is 2.23. The summed E-state index contributed by atoms with van der Waals surface area (Å²) in [5, 5.41) is 8.09. The summed E-state index contributed by atoms with van der Waals surface area (Å²) in [6, 6.07) is 7.23. The number of nitrogens with zero attached hydrogens (tertiary/aromatic N) is 2. The summed E-state index contributed by atoms with van der Waals surface area (Å²) < 4.78 is 1.74. The van der Waals surface area contributed by atoms with Gasteiger partial charge in [-0.3, -0.25) is 9.48 Å². The number of rotatable bonds is 5. The molecule has 20 heavy (non-hydrogen) atoms. The summed E-state index contributed by atoms with van der Waals surface area (Å²) in [4.78, 5) is 11.5. The van der Waals surface area contributed by atoms with Crippen LogP contribution in [0.5, 0.6) is 0 Å². The Bertz CT molecular complexity index is 610. The fourth-order valence-electron chi connectivity index (χ4n) is 1.77. The second kappa shape index (κ2) is 6.77. The molecule has 2 aromatic rings. The van der Waals surface area contributed by atoms with Gasteiger partial charge < -0.3 is 5.32 Å². The quantitative estimate of drug-likeness (QED) is 0.908. The van der Waals surface area contributed by atoms with E-state index < -0.39 is 0 Å². The first kappa shape index (κ1) is 14.9. The molecule has 1 heterocycles. The Morgan fingerprint density at radius 1 is 1.30 bits per heavy atom. The Morgan fingerprint density at radius 2 is 2.10 bits per heavy atom. The average Bonchev–Trinajstić information content (AvgIpc) is 2.81. The van der Waals surface area contributed by atoms with Crippen molar-refractivity contribution in [3.05, 3.63) is 46.1 Å². The first-order valence-electron chi connectivity index (χ1n) is 6.35. The lowest BCUT2D eigenvalue weighted by Gasteiger charge is -2.04. The zero-order valence-corrected chi connectivity index (χ0v) is 12.6. The summed E-state index contributed by atoms with van der Waals surface area (Å²) in [6.45, 7) is 2.53. The largest absolute Gasteiger partial charge is 0.309 e. The van der Waals surface area contributed by atoms with Gasteiger partial charge in [0.1, 0.15) is 0 Å². The van der Waals surface area contributed by atoms with E-state index in [1.165, 1.54) is 0 Å². The molecule has 106 valence electrons. The molecule has 0 bridgehead atoms. The molecule has 0 unspecified atom stereocenters. The summed E-state index contributed by atoms with van der Waals surface area (Å²) in [5.74, 6) is 0.538. The summed E-state index contributed by atoms with van der Waals surface area (Å²) in [7, 11) is 0. The van der Waals surface area contributed by atoms with Crippen LogP contribution >= 0.6 is 23.2 Å². The zero-order chi connectivity index (χ0) is 14.5. The molecule has 0 spiro atoms. The Labute approximate surface area is 127 Å². The highest BCUT2D eigenvalue weighted by Gasteiger charge is 2.05. The number of carbonyl (C=O) groups is 1. The van der Waals surface area contributed by atoms with Crippen LogP contribution in [0.1, 0.15) is 25.3 Å². The molecule has 0 aliphatic rings. The minimum Gasteiger partial charge on any atom is -0.309 e. The molecule has 0 aliphatic heterocycles. The maximum absolute atomic E-state index is 11.5. The van der Waals surface area contributed by atoms with Crippen molar-refractivity contribution in [3.63, 3.8) is 0 Å². The van der Waals surface area contributed by atoms with Gasteiger partial charge in [-0.15, -0.1) is 0 Å². The van der Waals surface area contributed by atoms with Gasteiger partial charge in [0, 0.05) is 18.7 Å². The van der Waals surface area contributed by atoms with Crippen LogP contribution in [0.15, 0.2) is 30.5 Å². The lowest BCUT2D eigenvalue weighted by molar-refractivity contribution is -0.116. The molecule has 2 rings (SSSR count). The summed E-state index contributed by atoms with van der Waals surface area (Å²) >= 11 is 11.8. The normalized spacial score (nSPS) is 10.6. The van der Waals surface area contributed by atoms with Crippen molar-refractivity contribution in [2.75, 3.05) is 5.32 Å². The minimum absolute atomic E-state index is 0.0210. The molecule has 0 saturated heterocycles. The van der Waals surface area contributed by atoms with Crippen molar-refractivity contribution in [2.24, 2.45) is 0 Å². The molecule has 0 radical (unpaired) electrons. The molecule has 0 saturated carbocycles. The number of aromatic nitrogens is 2. The average molecular weight is 312 g/mol. The van der Waals surface area contributed by atoms with E-state index in [1.54, 1.807) is 22.9 Å². The number of benzene rings is 1. The first-order valence-corrected chi connectivity index (χ1v) is 7.11. The summed E-state index contributed by atoms with van der Waals surface area (Å²) in [5.41, 5.74) is 0.994. The number of amides is 1. The number of halogens is 2. The standard InChI is InChI=1S/C14H15Cl2N3O/c1-2-3-14(20)17-13-6-7-19(18-13)9-10-4-5-11(15)12(16)8-10/h4-8H,2-3,9H2,1H3,(H,17,18,20). The van der Waals surface area contributed by atoms with Crippen molar-refractivity contribution in [2.45, 2.75) is 26.3 Å². The Morgan fingerprint density at radius 3 is 2.80 bits per heavy atom. The van der Waals surface area contributed by atoms with Gasteiger partial charge in [0.15, 0.2) is 5.82 Å².